The fraction of sp³-hybridized carbons (Fsp3) is 1.00. The highest BCUT2D eigenvalue weighted by Crippen LogP contribution is 2.34. The third-order valence-electron chi connectivity index (χ3n) is 3.52. The zero-order valence-electron chi connectivity index (χ0n) is 12.1. The summed E-state index contributed by atoms with van der Waals surface area (Å²) in [5, 5.41) is 0. The summed E-state index contributed by atoms with van der Waals surface area (Å²) in [5.41, 5.74) is 0.248. The van der Waals surface area contributed by atoms with Gasteiger partial charge in [-0.2, -0.15) is 0 Å². The molecule has 18 heavy (non-hydrogen) atoms. The number of hydrogen-bond donors (Lipinski definition) is 0. The van der Waals surface area contributed by atoms with Gasteiger partial charge in [0.2, 0.25) is 0 Å². The van der Waals surface area contributed by atoms with E-state index < -0.39 is 8.80 Å². The lowest BCUT2D eigenvalue weighted by atomic mass is 10.1. The highest BCUT2D eigenvalue weighted by molar-refractivity contribution is 6.62. The molecular weight excluding hydrogens is 252 g/mol. The first-order chi connectivity index (χ1) is 8.63. The second-order valence-corrected chi connectivity index (χ2v) is 7.87. The molecule has 0 aromatic carbocycles. The second-order valence-electron chi connectivity index (χ2n) is 4.70. The molecule has 0 saturated carbocycles. The van der Waals surface area contributed by atoms with Crippen LogP contribution in [0.15, 0.2) is 0 Å². The van der Waals surface area contributed by atoms with Gasteiger partial charge < -0.3 is 22.8 Å². The van der Waals surface area contributed by atoms with Gasteiger partial charge in [0.25, 0.3) is 0 Å². The van der Waals surface area contributed by atoms with Crippen LogP contribution in [-0.4, -0.2) is 56.1 Å². The molecule has 3 atom stereocenters. The van der Waals surface area contributed by atoms with Crippen LogP contribution < -0.4 is 0 Å². The Morgan fingerprint density at radius 1 is 1.22 bits per heavy atom. The quantitative estimate of drug-likeness (QED) is 0.450. The lowest BCUT2D eigenvalue weighted by Gasteiger charge is -2.35. The first-order valence-corrected chi connectivity index (χ1v) is 8.28. The van der Waals surface area contributed by atoms with Crippen LogP contribution in [0.1, 0.15) is 20.3 Å². The molecule has 108 valence electrons. The molecule has 3 unspecified atom stereocenters. The summed E-state index contributed by atoms with van der Waals surface area (Å²) in [6.45, 7) is 6.48. The van der Waals surface area contributed by atoms with Gasteiger partial charge in [-0.15, -0.1) is 0 Å². The molecule has 0 radical (unpaired) electrons. The summed E-state index contributed by atoms with van der Waals surface area (Å²) >= 11 is 0. The van der Waals surface area contributed by atoms with Gasteiger partial charge in [0.15, 0.2) is 0 Å². The van der Waals surface area contributed by atoms with Gasteiger partial charge in [0.1, 0.15) is 6.10 Å². The molecule has 1 aliphatic heterocycles. The van der Waals surface area contributed by atoms with Gasteiger partial charge in [-0.3, -0.25) is 0 Å². The summed E-state index contributed by atoms with van der Waals surface area (Å²) in [5.74, 6) is 0.334. The van der Waals surface area contributed by atoms with E-state index >= 15 is 0 Å². The Labute approximate surface area is 111 Å². The zero-order valence-corrected chi connectivity index (χ0v) is 13.1. The van der Waals surface area contributed by atoms with Crippen molar-refractivity contribution in [1.29, 1.82) is 0 Å². The monoisotopic (exact) mass is 278 g/mol. The Balaban J connectivity index is 2.49. The van der Waals surface area contributed by atoms with Gasteiger partial charge in [0.05, 0.1) is 13.2 Å². The first kappa shape index (κ1) is 16.1. The minimum absolute atomic E-state index is 0.248. The maximum Gasteiger partial charge on any atom is 0.503 e. The Morgan fingerprint density at radius 3 is 2.17 bits per heavy atom. The largest absolute Gasteiger partial charge is 0.503 e. The van der Waals surface area contributed by atoms with Crippen molar-refractivity contribution in [2.45, 2.75) is 31.9 Å². The van der Waals surface area contributed by atoms with Crippen LogP contribution in [0, 0.1) is 5.92 Å². The molecule has 0 bridgehead atoms. The van der Waals surface area contributed by atoms with Gasteiger partial charge in [-0.25, -0.2) is 0 Å². The van der Waals surface area contributed by atoms with Crippen molar-refractivity contribution in [3.05, 3.63) is 0 Å². The summed E-state index contributed by atoms with van der Waals surface area (Å²) in [4.78, 5) is 0. The lowest BCUT2D eigenvalue weighted by Crippen LogP contribution is -2.50. The molecule has 1 saturated heterocycles. The van der Waals surface area contributed by atoms with E-state index in [0.717, 1.165) is 13.0 Å². The lowest BCUT2D eigenvalue weighted by molar-refractivity contribution is 0.0616. The highest BCUT2D eigenvalue weighted by atomic mass is 28.4. The van der Waals surface area contributed by atoms with E-state index in [1.807, 2.05) is 0 Å². The van der Waals surface area contributed by atoms with Crippen molar-refractivity contribution in [3.63, 3.8) is 0 Å². The summed E-state index contributed by atoms with van der Waals surface area (Å²) in [7, 11) is 2.40. The topological polar surface area (TPSA) is 49.5 Å². The van der Waals surface area contributed by atoms with Gasteiger partial charge in [-0.05, 0) is 12.3 Å². The van der Waals surface area contributed by atoms with E-state index in [4.69, 9.17) is 22.8 Å². The van der Waals surface area contributed by atoms with E-state index in [2.05, 4.69) is 13.8 Å². The molecule has 0 N–H and O–H groups in total. The van der Waals surface area contributed by atoms with Gasteiger partial charge >= 0.3 is 8.80 Å². The van der Waals surface area contributed by atoms with Crippen molar-refractivity contribution in [3.8, 4) is 0 Å². The summed E-state index contributed by atoms with van der Waals surface area (Å²) in [6, 6.07) is 0. The average Bonchev–Trinajstić information content (AvgIpc) is 3.20. The molecule has 0 aromatic rings. The maximum absolute atomic E-state index is 5.66. The Bertz CT molecular complexity index is 222. The maximum atomic E-state index is 5.66. The van der Waals surface area contributed by atoms with Crippen molar-refractivity contribution in [2.75, 3.05) is 41.2 Å². The highest BCUT2D eigenvalue weighted by Gasteiger charge is 2.48. The van der Waals surface area contributed by atoms with E-state index in [1.165, 1.54) is 0 Å². The second kappa shape index (κ2) is 7.57. The fourth-order valence-corrected chi connectivity index (χ4v) is 5.07. The van der Waals surface area contributed by atoms with Crippen LogP contribution in [0.5, 0.6) is 0 Å². The third kappa shape index (κ3) is 4.01. The predicted octanol–water partition coefficient (Wildman–Crippen LogP) is 1.70. The third-order valence-corrected chi connectivity index (χ3v) is 7.11. The molecule has 0 spiro atoms. The Kier molecular flexibility index (Phi) is 6.76. The molecule has 5 nitrogen and oxygen atoms in total. The SMILES string of the molecule is CCC(C(C)COCC1CO1)[Si](OC)(OC)OC. The number of ether oxygens (including phenoxy) is 2. The molecular formula is C12H26O5Si. The van der Waals surface area contributed by atoms with Crippen LogP contribution in [0.2, 0.25) is 5.54 Å². The normalized spacial score (nSPS) is 22.8. The van der Waals surface area contributed by atoms with Crippen molar-refractivity contribution in [1.82, 2.24) is 0 Å². The van der Waals surface area contributed by atoms with E-state index in [1.54, 1.807) is 21.3 Å². The van der Waals surface area contributed by atoms with E-state index in [0.29, 0.717) is 25.2 Å². The summed E-state index contributed by atoms with van der Waals surface area (Å²) in [6.07, 6.45) is 1.26. The zero-order chi connectivity index (χ0) is 13.6. The van der Waals surface area contributed by atoms with Crippen LogP contribution in [-0.2, 0) is 22.8 Å². The molecule has 0 aliphatic carbocycles. The smallest absolute Gasteiger partial charge is 0.378 e. The van der Waals surface area contributed by atoms with Crippen LogP contribution in [0.25, 0.3) is 0 Å². The van der Waals surface area contributed by atoms with Gasteiger partial charge in [0, 0.05) is 33.5 Å². The van der Waals surface area contributed by atoms with Crippen molar-refractivity contribution < 1.29 is 22.8 Å². The fourth-order valence-electron chi connectivity index (χ4n) is 2.37. The predicted molar refractivity (Wildman–Crippen MR) is 70.5 cm³/mol. The minimum atomic E-state index is -2.58. The van der Waals surface area contributed by atoms with E-state index in [-0.39, 0.29) is 5.54 Å². The molecule has 6 heteroatoms. The molecule has 1 heterocycles. The van der Waals surface area contributed by atoms with Crippen LogP contribution in [0.3, 0.4) is 0 Å². The minimum Gasteiger partial charge on any atom is -0.378 e. The summed E-state index contributed by atoms with van der Waals surface area (Å²) < 4.78 is 27.5. The molecule has 0 amide bonds. The number of rotatable bonds is 10. The Hall–Kier alpha value is 0.0169. The number of epoxide rings is 1. The number of hydrogen-bond acceptors (Lipinski definition) is 5. The van der Waals surface area contributed by atoms with Crippen molar-refractivity contribution in [2.24, 2.45) is 5.92 Å². The van der Waals surface area contributed by atoms with Crippen LogP contribution in [0.4, 0.5) is 0 Å². The van der Waals surface area contributed by atoms with Gasteiger partial charge in [-0.1, -0.05) is 13.8 Å². The van der Waals surface area contributed by atoms with Crippen molar-refractivity contribution >= 4 is 8.80 Å². The average molecular weight is 278 g/mol. The molecule has 1 fully saturated rings. The molecule has 0 aromatic heterocycles. The molecule has 1 aliphatic rings. The first-order valence-electron chi connectivity index (χ1n) is 6.48. The van der Waals surface area contributed by atoms with E-state index in [9.17, 15) is 0 Å². The Morgan fingerprint density at radius 2 is 1.78 bits per heavy atom. The molecule has 1 rings (SSSR count). The van der Waals surface area contributed by atoms with Crippen LogP contribution >= 0.6 is 0 Å². The standard InChI is InChI=1S/C12H26O5Si/c1-6-12(18(13-3,14-4)15-5)10(2)7-16-8-11-9-17-11/h10-12H,6-9H2,1-5H3.